The fourth-order valence-electron chi connectivity index (χ4n) is 2.66. The van der Waals surface area contributed by atoms with E-state index < -0.39 is 5.41 Å². The number of amides is 1. The van der Waals surface area contributed by atoms with E-state index in [2.05, 4.69) is 15.4 Å². The molecular formula is C16H13FN4OS. The summed E-state index contributed by atoms with van der Waals surface area (Å²) in [4.78, 5) is 16.8. The predicted molar refractivity (Wildman–Crippen MR) is 85.2 cm³/mol. The molecular weight excluding hydrogens is 315 g/mol. The number of halogens is 1. The third kappa shape index (κ3) is 2.43. The lowest BCUT2D eigenvalue weighted by Gasteiger charge is -2.15. The highest BCUT2D eigenvalue weighted by molar-refractivity contribution is 7.12. The third-order valence-electron chi connectivity index (χ3n) is 4.02. The molecule has 2 aromatic heterocycles. The first kappa shape index (κ1) is 14.1. The molecule has 0 saturated heterocycles. The second kappa shape index (κ2) is 5.27. The van der Waals surface area contributed by atoms with E-state index in [9.17, 15) is 9.18 Å². The van der Waals surface area contributed by atoms with E-state index in [1.807, 2.05) is 5.38 Å². The first-order valence-corrected chi connectivity index (χ1v) is 8.09. The topological polar surface area (TPSA) is 59.8 Å². The number of hydrogen-bond donors (Lipinski definition) is 1. The summed E-state index contributed by atoms with van der Waals surface area (Å²) < 4.78 is 15.6. The van der Waals surface area contributed by atoms with Crippen molar-refractivity contribution in [3.8, 4) is 5.13 Å². The predicted octanol–water partition coefficient (Wildman–Crippen LogP) is 3.14. The van der Waals surface area contributed by atoms with Gasteiger partial charge in [-0.15, -0.1) is 16.4 Å². The van der Waals surface area contributed by atoms with E-state index in [-0.39, 0.29) is 11.7 Å². The van der Waals surface area contributed by atoms with Crippen molar-refractivity contribution < 1.29 is 9.18 Å². The van der Waals surface area contributed by atoms with Crippen LogP contribution in [0.4, 0.5) is 10.2 Å². The molecule has 2 heterocycles. The molecule has 23 heavy (non-hydrogen) atoms. The van der Waals surface area contributed by atoms with Crippen molar-refractivity contribution >= 4 is 23.1 Å². The van der Waals surface area contributed by atoms with E-state index in [1.165, 1.54) is 17.4 Å². The van der Waals surface area contributed by atoms with Gasteiger partial charge in [0.2, 0.25) is 11.0 Å². The molecule has 1 N–H and O–H groups in total. The Balaban J connectivity index is 1.56. The summed E-state index contributed by atoms with van der Waals surface area (Å²) in [6.07, 6.45) is 4.72. The highest BCUT2D eigenvalue weighted by Crippen LogP contribution is 2.49. The Kier molecular flexibility index (Phi) is 3.23. The zero-order chi connectivity index (χ0) is 15.9. The van der Waals surface area contributed by atoms with Crippen LogP contribution < -0.4 is 5.32 Å². The molecule has 1 amide bonds. The Morgan fingerprint density at radius 2 is 2.13 bits per heavy atom. The van der Waals surface area contributed by atoms with E-state index in [1.54, 1.807) is 41.3 Å². The molecule has 1 saturated carbocycles. The molecule has 1 aromatic carbocycles. The second-order valence-electron chi connectivity index (χ2n) is 5.48. The molecule has 0 unspecified atom stereocenters. The van der Waals surface area contributed by atoms with E-state index >= 15 is 0 Å². The van der Waals surface area contributed by atoms with E-state index in [0.717, 1.165) is 5.13 Å². The highest BCUT2D eigenvalue weighted by Gasteiger charge is 2.52. The fraction of sp³-hybridized carbons (Fsp3) is 0.188. The van der Waals surface area contributed by atoms with Gasteiger partial charge in [0.25, 0.3) is 0 Å². The summed E-state index contributed by atoms with van der Waals surface area (Å²) in [5.41, 5.74) is -0.312. The van der Waals surface area contributed by atoms with Crippen molar-refractivity contribution in [2.24, 2.45) is 0 Å². The number of benzene rings is 1. The van der Waals surface area contributed by atoms with Gasteiger partial charge in [-0.3, -0.25) is 4.79 Å². The third-order valence-corrected chi connectivity index (χ3v) is 4.78. The number of nitrogens with zero attached hydrogens (tertiary/aromatic N) is 3. The van der Waals surface area contributed by atoms with Crippen molar-refractivity contribution in [3.05, 3.63) is 59.5 Å². The van der Waals surface area contributed by atoms with Gasteiger partial charge in [-0.2, -0.15) is 0 Å². The van der Waals surface area contributed by atoms with Gasteiger partial charge < -0.3 is 5.32 Å². The molecule has 1 aliphatic rings. The van der Waals surface area contributed by atoms with Gasteiger partial charge >= 0.3 is 0 Å². The largest absolute Gasteiger partial charge is 0.308 e. The Bertz CT molecular complexity index is 855. The maximum absolute atomic E-state index is 14.0. The van der Waals surface area contributed by atoms with Crippen LogP contribution in [0.1, 0.15) is 18.4 Å². The molecule has 4 rings (SSSR count). The Labute approximate surface area is 135 Å². The van der Waals surface area contributed by atoms with Crippen molar-refractivity contribution in [2.75, 3.05) is 5.32 Å². The summed E-state index contributed by atoms with van der Waals surface area (Å²) in [6.45, 7) is 0. The number of nitrogens with one attached hydrogen (secondary N) is 1. The maximum Gasteiger partial charge on any atom is 0.236 e. The molecule has 0 radical (unpaired) electrons. The summed E-state index contributed by atoms with van der Waals surface area (Å²) in [5.74, 6) is -0.117. The Morgan fingerprint density at radius 1 is 1.30 bits per heavy atom. The van der Waals surface area contributed by atoms with Crippen molar-refractivity contribution in [2.45, 2.75) is 18.3 Å². The van der Waals surface area contributed by atoms with Gasteiger partial charge in [0.1, 0.15) is 5.82 Å². The standard InChI is InChI=1S/C16H13FN4OS/c17-12-4-2-1-3-11(12)16(6-7-16)14(22)19-13-5-9-21(20-13)15-18-8-10-23-15/h1-5,8-10H,6-7H2,(H,19,20,22). The minimum absolute atomic E-state index is 0.216. The zero-order valence-electron chi connectivity index (χ0n) is 12.1. The van der Waals surface area contributed by atoms with Crippen molar-refractivity contribution in [1.82, 2.24) is 14.8 Å². The van der Waals surface area contributed by atoms with E-state index in [0.29, 0.717) is 24.2 Å². The SMILES string of the molecule is O=C(Nc1ccn(-c2nccs2)n1)C1(c2ccccc2F)CC1. The molecule has 0 atom stereocenters. The van der Waals surface area contributed by atoms with Crippen LogP contribution in [-0.2, 0) is 10.2 Å². The van der Waals surface area contributed by atoms with Crippen LogP contribution in [0.2, 0.25) is 0 Å². The van der Waals surface area contributed by atoms with Gasteiger partial charge in [-0.25, -0.2) is 14.1 Å². The minimum atomic E-state index is -0.768. The molecule has 0 aliphatic heterocycles. The van der Waals surface area contributed by atoms with Gasteiger partial charge in [0.05, 0.1) is 5.41 Å². The lowest BCUT2D eigenvalue weighted by Crippen LogP contribution is -2.29. The van der Waals surface area contributed by atoms with Crippen LogP contribution in [-0.4, -0.2) is 20.7 Å². The number of rotatable bonds is 4. The summed E-state index contributed by atoms with van der Waals surface area (Å²) in [5, 5.41) is 9.66. The van der Waals surface area contributed by atoms with Crippen LogP contribution in [0.5, 0.6) is 0 Å². The highest BCUT2D eigenvalue weighted by atomic mass is 32.1. The number of hydrogen-bond acceptors (Lipinski definition) is 4. The second-order valence-corrected chi connectivity index (χ2v) is 6.35. The molecule has 3 aromatic rings. The monoisotopic (exact) mass is 328 g/mol. The van der Waals surface area contributed by atoms with Gasteiger partial charge in [0, 0.05) is 29.4 Å². The molecule has 0 bridgehead atoms. The smallest absolute Gasteiger partial charge is 0.236 e. The van der Waals surface area contributed by atoms with Gasteiger partial charge in [0.15, 0.2) is 5.82 Å². The molecule has 0 spiro atoms. The quantitative estimate of drug-likeness (QED) is 0.800. The lowest BCUT2D eigenvalue weighted by molar-refractivity contribution is -0.118. The zero-order valence-corrected chi connectivity index (χ0v) is 12.9. The van der Waals surface area contributed by atoms with Crippen LogP contribution in [0, 0.1) is 5.82 Å². The van der Waals surface area contributed by atoms with Crippen LogP contribution in [0.15, 0.2) is 48.1 Å². The number of aromatic nitrogens is 3. The van der Waals surface area contributed by atoms with Crippen molar-refractivity contribution in [3.63, 3.8) is 0 Å². The summed E-state index contributed by atoms with van der Waals surface area (Å²) >= 11 is 1.45. The number of carbonyl (C=O) groups is 1. The summed E-state index contributed by atoms with van der Waals surface area (Å²) in [7, 11) is 0. The molecule has 7 heteroatoms. The van der Waals surface area contributed by atoms with Crippen molar-refractivity contribution in [1.29, 1.82) is 0 Å². The molecule has 116 valence electrons. The van der Waals surface area contributed by atoms with Gasteiger partial charge in [-0.1, -0.05) is 18.2 Å². The molecule has 1 fully saturated rings. The van der Waals surface area contributed by atoms with Crippen LogP contribution in [0.25, 0.3) is 5.13 Å². The molecule has 1 aliphatic carbocycles. The maximum atomic E-state index is 14.0. The average Bonchev–Trinajstić information content (AvgIpc) is 2.97. The summed E-state index contributed by atoms with van der Waals surface area (Å²) in [6, 6.07) is 8.15. The fourth-order valence-corrected chi connectivity index (χ4v) is 3.23. The normalized spacial score (nSPS) is 15.3. The Hall–Kier alpha value is -2.54. The Morgan fingerprint density at radius 3 is 2.83 bits per heavy atom. The van der Waals surface area contributed by atoms with Crippen LogP contribution in [0.3, 0.4) is 0 Å². The number of carbonyl (C=O) groups excluding carboxylic acids is 1. The van der Waals surface area contributed by atoms with E-state index in [4.69, 9.17) is 0 Å². The lowest BCUT2D eigenvalue weighted by atomic mass is 9.94. The van der Waals surface area contributed by atoms with Crippen LogP contribution >= 0.6 is 11.3 Å². The van der Waals surface area contributed by atoms with Gasteiger partial charge in [-0.05, 0) is 18.9 Å². The number of thiazole rings is 1. The minimum Gasteiger partial charge on any atom is -0.308 e. The first-order chi connectivity index (χ1) is 11.2. The average molecular weight is 328 g/mol. The first-order valence-electron chi connectivity index (χ1n) is 7.21. The molecule has 5 nitrogen and oxygen atoms in total. The number of anilines is 1.